The number of nitrogen functional groups attached to an aromatic ring is 1. The first kappa shape index (κ1) is 23.6. The highest BCUT2D eigenvalue weighted by atomic mass is 32.2. The fourth-order valence-electron chi connectivity index (χ4n) is 4.01. The number of rotatable bonds is 5. The first-order valence-electron chi connectivity index (χ1n) is 9.86. The molecular formula is C18H16F2N8O4S3. The van der Waals surface area contributed by atoms with Crippen molar-refractivity contribution < 1.29 is 25.6 Å². The van der Waals surface area contributed by atoms with Gasteiger partial charge in [-0.2, -0.15) is 4.31 Å². The van der Waals surface area contributed by atoms with Gasteiger partial charge in [-0.3, -0.25) is 0 Å². The number of aromatic nitrogens is 5. The van der Waals surface area contributed by atoms with E-state index in [0.717, 1.165) is 6.07 Å². The number of thiazole rings is 1. The predicted molar refractivity (Wildman–Crippen MR) is 122 cm³/mol. The summed E-state index contributed by atoms with van der Waals surface area (Å²) in [6.45, 7) is -1.57. The number of tetrazole rings is 1. The lowest BCUT2D eigenvalue weighted by Crippen LogP contribution is -2.33. The minimum atomic E-state index is -4.76. The molecule has 1 aliphatic rings. The van der Waals surface area contributed by atoms with Crippen molar-refractivity contribution in [3.05, 3.63) is 30.3 Å². The highest BCUT2D eigenvalue weighted by Crippen LogP contribution is 2.43. The number of para-hydroxylation sites is 1. The van der Waals surface area contributed by atoms with Crippen molar-refractivity contribution in [3.63, 3.8) is 0 Å². The molecule has 5 N–H and O–H groups in total. The van der Waals surface area contributed by atoms with Crippen LogP contribution in [0.2, 0.25) is 0 Å². The number of sulfonamides is 2. The van der Waals surface area contributed by atoms with Gasteiger partial charge in [0.05, 0.1) is 22.3 Å². The monoisotopic (exact) mass is 542 g/mol. The molecule has 0 radical (unpaired) electrons. The molecule has 3 heterocycles. The molecule has 184 valence electrons. The molecule has 0 aliphatic carbocycles. The minimum Gasteiger partial charge on any atom is -0.375 e. The number of aromatic amines is 1. The Labute approximate surface area is 201 Å². The highest BCUT2D eigenvalue weighted by Gasteiger charge is 2.45. The van der Waals surface area contributed by atoms with E-state index in [1.54, 1.807) is 18.2 Å². The molecular weight excluding hydrogens is 526 g/mol. The number of nitrogens with two attached hydrogens (primary N) is 2. The molecule has 0 amide bonds. The predicted octanol–water partition coefficient (Wildman–Crippen LogP) is 1.40. The fraction of sp³-hybridized carbons (Fsp3) is 0.222. The molecule has 17 heteroatoms. The molecule has 1 aliphatic heterocycles. The molecule has 0 spiro atoms. The first-order chi connectivity index (χ1) is 16.4. The second kappa shape index (κ2) is 7.95. The molecule has 0 saturated carbocycles. The number of fused-ring (bicyclic) bond motifs is 1. The summed E-state index contributed by atoms with van der Waals surface area (Å²) < 4.78 is 81.2. The third-order valence-electron chi connectivity index (χ3n) is 5.47. The van der Waals surface area contributed by atoms with Crippen molar-refractivity contribution in [2.75, 3.05) is 18.8 Å². The van der Waals surface area contributed by atoms with Gasteiger partial charge in [-0.05, 0) is 28.1 Å². The maximum Gasteiger partial charge on any atom is 0.262 e. The highest BCUT2D eigenvalue weighted by molar-refractivity contribution is 7.92. The molecule has 12 nitrogen and oxygen atoms in total. The fourth-order valence-corrected chi connectivity index (χ4v) is 7.82. The number of nitrogens with zero attached hydrogens (tertiary/aromatic N) is 5. The van der Waals surface area contributed by atoms with Gasteiger partial charge in [0, 0.05) is 18.5 Å². The van der Waals surface area contributed by atoms with E-state index in [-0.39, 0.29) is 22.1 Å². The van der Waals surface area contributed by atoms with Gasteiger partial charge in [0.15, 0.2) is 11.0 Å². The van der Waals surface area contributed by atoms with Gasteiger partial charge in [-0.15, -0.1) is 5.10 Å². The van der Waals surface area contributed by atoms with E-state index < -0.39 is 55.3 Å². The van der Waals surface area contributed by atoms with Crippen molar-refractivity contribution in [2.24, 2.45) is 5.14 Å². The lowest BCUT2D eigenvalue weighted by molar-refractivity contribution is 0.0183. The Bertz CT molecular complexity index is 1670. The maximum absolute atomic E-state index is 13.8. The molecule has 2 aromatic carbocycles. The van der Waals surface area contributed by atoms with Gasteiger partial charge < -0.3 is 5.73 Å². The minimum absolute atomic E-state index is 0.189. The molecule has 1 saturated heterocycles. The molecule has 0 unspecified atom stereocenters. The Balaban J connectivity index is 1.85. The van der Waals surface area contributed by atoms with Crippen molar-refractivity contribution in [3.8, 4) is 22.5 Å². The zero-order chi connectivity index (χ0) is 25.2. The van der Waals surface area contributed by atoms with E-state index in [9.17, 15) is 25.6 Å². The zero-order valence-electron chi connectivity index (χ0n) is 17.5. The molecule has 5 rings (SSSR count). The normalized spacial score (nSPS) is 16.8. The van der Waals surface area contributed by atoms with E-state index in [1.807, 2.05) is 0 Å². The number of hydrogen-bond donors (Lipinski definition) is 3. The zero-order valence-corrected chi connectivity index (χ0v) is 20.0. The number of H-pyrrole nitrogens is 1. The van der Waals surface area contributed by atoms with Crippen LogP contribution in [0.25, 0.3) is 32.7 Å². The molecule has 2 aromatic heterocycles. The third kappa shape index (κ3) is 4.04. The Morgan fingerprint density at radius 2 is 1.89 bits per heavy atom. The summed E-state index contributed by atoms with van der Waals surface area (Å²) in [5.74, 6) is -3.44. The second-order valence-electron chi connectivity index (χ2n) is 7.76. The number of primary sulfonamides is 1. The Hall–Kier alpha value is -3.12. The smallest absolute Gasteiger partial charge is 0.262 e. The van der Waals surface area contributed by atoms with Crippen molar-refractivity contribution in [1.29, 1.82) is 0 Å². The van der Waals surface area contributed by atoms with E-state index >= 15 is 0 Å². The van der Waals surface area contributed by atoms with Gasteiger partial charge in [-0.25, -0.2) is 40.8 Å². The topological polar surface area (TPSA) is 191 Å². The average Bonchev–Trinajstić information content (AvgIpc) is 3.50. The van der Waals surface area contributed by atoms with Crippen LogP contribution in [0.5, 0.6) is 0 Å². The van der Waals surface area contributed by atoms with Gasteiger partial charge in [0.25, 0.3) is 5.92 Å². The van der Waals surface area contributed by atoms with Crippen LogP contribution in [0.15, 0.2) is 40.1 Å². The van der Waals surface area contributed by atoms with Crippen LogP contribution in [0, 0.1) is 0 Å². The van der Waals surface area contributed by atoms with Crippen LogP contribution in [0.3, 0.4) is 0 Å². The average molecular weight is 543 g/mol. The molecule has 1 fully saturated rings. The summed E-state index contributed by atoms with van der Waals surface area (Å²) in [7, 11) is -9.46. The van der Waals surface area contributed by atoms with Crippen LogP contribution in [-0.4, -0.2) is 65.8 Å². The van der Waals surface area contributed by atoms with Crippen LogP contribution in [0.4, 0.5) is 13.9 Å². The van der Waals surface area contributed by atoms with E-state index in [1.165, 1.54) is 17.4 Å². The summed E-state index contributed by atoms with van der Waals surface area (Å²) in [5, 5.41) is 18.9. The van der Waals surface area contributed by atoms with Crippen molar-refractivity contribution in [2.45, 2.75) is 22.1 Å². The van der Waals surface area contributed by atoms with Gasteiger partial charge >= 0.3 is 0 Å². The molecule has 4 aromatic rings. The Morgan fingerprint density at radius 3 is 2.51 bits per heavy atom. The Morgan fingerprint density at radius 1 is 1.11 bits per heavy atom. The lowest BCUT2D eigenvalue weighted by atomic mass is 9.98. The first-order valence-corrected chi connectivity index (χ1v) is 13.7. The standard InChI is InChI=1S/C18H16F2N8O4S3/c19-18(20)6-7-28(8-18)35(31,32)12-5-4-9(10-2-1-3-11-14(10)23-17(21)33-11)13(15(12)34(22,29)30)16-24-26-27-25-16/h1-5H,6-8H2,(H2,21,23)(H2,22,29,30)(H,24,25,26,27). The maximum atomic E-state index is 13.8. The quantitative estimate of drug-likeness (QED) is 0.334. The summed E-state index contributed by atoms with van der Waals surface area (Å²) in [5.41, 5.74) is 6.63. The molecule has 0 atom stereocenters. The summed E-state index contributed by atoms with van der Waals surface area (Å²) >= 11 is 1.20. The number of nitrogens with one attached hydrogen (secondary N) is 1. The van der Waals surface area contributed by atoms with Crippen molar-refractivity contribution in [1.82, 2.24) is 29.9 Å². The van der Waals surface area contributed by atoms with Gasteiger partial charge in [-0.1, -0.05) is 29.5 Å². The third-order valence-corrected chi connectivity index (χ3v) is 9.33. The van der Waals surface area contributed by atoms with Crippen LogP contribution in [0.1, 0.15) is 6.42 Å². The summed E-state index contributed by atoms with van der Waals surface area (Å²) in [6.07, 6.45) is -0.693. The largest absolute Gasteiger partial charge is 0.375 e. The van der Waals surface area contributed by atoms with E-state index in [4.69, 9.17) is 10.9 Å². The van der Waals surface area contributed by atoms with Crippen molar-refractivity contribution >= 4 is 46.7 Å². The number of alkyl halides is 2. The molecule has 35 heavy (non-hydrogen) atoms. The number of halogens is 2. The number of anilines is 1. The number of hydrogen-bond acceptors (Lipinski definition) is 10. The Kier molecular flexibility index (Phi) is 5.37. The van der Waals surface area contributed by atoms with Crippen LogP contribution >= 0.6 is 11.3 Å². The van der Waals surface area contributed by atoms with Crippen LogP contribution in [-0.2, 0) is 20.0 Å². The van der Waals surface area contributed by atoms with Gasteiger partial charge in [0.2, 0.25) is 20.0 Å². The molecule has 0 bridgehead atoms. The summed E-state index contributed by atoms with van der Waals surface area (Å²) in [6, 6.07) is 7.42. The van der Waals surface area contributed by atoms with Gasteiger partial charge in [0.1, 0.15) is 9.79 Å². The summed E-state index contributed by atoms with van der Waals surface area (Å²) in [4.78, 5) is 2.70. The lowest BCUT2D eigenvalue weighted by Gasteiger charge is -2.21. The second-order valence-corrected chi connectivity index (χ2v) is 12.2. The van der Waals surface area contributed by atoms with E-state index in [0.29, 0.717) is 20.1 Å². The number of benzene rings is 2. The van der Waals surface area contributed by atoms with Crippen LogP contribution < -0.4 is 10.9 Å². The SMILES string of the molecule is Nc1nc2c(-c3ccc(S(=O)(=O)N4CCC(F)(F)C4)c(S(N)(=O)=O)c3-c3nnn[nH]3)cccc2s1. The van der Waals surface area contributed by atoms with E-state index in [2.05, 4.69) is 25.6 Å².